The number of hydrogen-bond donors (Lipinski definition) is 1. The molecule has 0 spiro atoms. The highest BCUT2D eigenvalue weighted by Crippen LogP contribution is 2.19. The van der Waals surface area contributed by atoms with Crippen molar-refractivity contribution in [2.75, 3.05) is 26.2 Å². The van der Waals surface area contributed by atoms with Gasteiger partial charge in [0, 0.05) is 32.1 Å². The number of amides is 1. The molecule has 1 N–H and O–H groups in total. The van der Waals surface area contributed by atoms with Gasteiger partial charge in [0.15, 0.2) is 0 Å². The molecule has 2 heterocycles. The third kappa shape index (κ3) is 3.95. The number of carbonyl (C=O) groups is 2. The molecule has 0 saturated carbocycles. The predicted molar refractivity (Wildman–Crippen MR) is 76.4 cm³/mol. The maximum Gasteiger partial charge on any atom is 0.308 e. The van der Waals surface area contributed by atoms with Gasteiger partial charge in [0.25, 0.3) is 0 Å². The summed E-state index contributed by atoms with van der Waals surface area (Å²) >= 11 is 0. The zero-order valence-electron chi connectivity index (χ0n) is 12.4. The van der Waals surface area contributed by atoms with Crippen LogP contribution in [0.2, 0.25) is 0 Å². The van der Waals surface area contributed by atoms with Crippen LogP contribution in [-0.4, -0.2) is 59.0 Å². The molecule has 0 aromatic carbocycles. The third-order valence-electron chi connectivity index (χ3n) is 4.66. The van der Waals surface area contributed by atoms with Gasteiger partial charge in [0.2, 0.25) is 5.91 Å². The van der Waals surface area contributed by atoms with Crippen molar-refractivity contribution in [2.45, 2.75) is 51.5 Å². The van der Waals surface area contributed by atoms with Crippen molar-refractivity contribution in [2.24, 2.45) is 5.92 Å². The van der Waals surface area contributed by atoms with Crippen LogP contribution >= 0.6 is 0 Å². The lowest BCUT2D eigenvalue weighted by Crippen LogP contribution is -2.44. The first kappa shape index (κ1) is 15.3. The molecular weight excluding hydrogens is 256 g/mol. The second-order valence-electron chi connectivity index (χ2n) is 6.15. The van der Waals surface area contributed by atoms with E-state index in [1.165, 1.54) is 19.3 Å². The minimum Gasteiger partial charge on any atom is -0.481 e. The summed E-state index contributed by atoms with van der Waals surface area (Å²) in [7, 11) is 0. The van der Waals surface area contributed by atoms with Gasteiger partial charge >= 0.3 is 5.97 Å². The van der Waals surface area contributed by atoms with Crippen LogP contribution in [-0.2, 0) is 9.59 Å². The first-order valence-corrected chi connectivity index (χ1v) is 7.82. The summed E-state index contributed by atoms with van der Waals surface area (Å²) in [4.78, 5) is 27.1. The van der Waals surface area contributed by atoms with Crippen LogP contribution in [0.25, 0.3) is 0 Å². The average molecular weight is 282 g/mol. The molecule has 2 atom stereocenters. The van der Waals surface area contributed by atoms with Crippen LogP contribution in [0.3, 0.4) is 0 Å². The normalized spacial score (nSPS) is 28.6. The first-order chi connectivity index (χ1) is 9.58. The van der Waals surface area contributed by atoms with Crippen molar-refractivity contribution in [1.29, 1.82) is 0 Å². The quantitative estimate of drug-likeness (QED) is 0.831. The van der Waals surface area contributed by atoms with Gasteiger partial charge in [-0.15, -0.1) is 0 Å². The summed E-state index contributed by atoms with van der Waals surface area (Å²) in [6.45, 7) is 5.54. The Labute approximate surface area is 120 Å². The van der Waals surface area contributed by atoms with E-state index in [1.54, 1.807) is 4.90 Å². The van der Waals surface area contributed by atoms with Crippen LogP contribution in [0.1, 0.15) is 45.4 Å². The molecule has 0 radical (unpaired) electrons. The van der Waals surface area contributed by atoms with Crippen LogP contribution in [0.4, 0.5) is 0 Å². The smallest absolute Gasteiger partial charge is 0.308 e. The number of likely N-dealkylation sites (tertiary alicyclic amines) is 2. The van der Waals surface area contributed by atoms with Crippen molar-refractivity contribution >= 4 is 11.9 Å². The number of carboxylic acids is 1. The van der Waals surface area contributed by atoms with Gasteiger partial charge in [-0.3, -0.25) is 9.59 Å². The van der Waals surface area contributed by atoms with E-state index < -0.39 is 5.97 Å². The molecule has 2 saturated heterocycles. The lowest BCUT2D eigenvalue weighted by atomic mass is 9.97. The van der Waals surface area contributed by atoms with Crippen molar-refractivity contribution in [3.63, 3.8) is 0 Å². The predicted octanol–water partition coefficient (Wildman–Crippen LogP) is 1.57. The Hall–Kier alpha value is -1.10. The number of piperidine rings is 2. The molecule has 20 heavy (non-hydrogen) atoms. The SMILES string of the molecule is CC1CCCCN1CCCN1CC(C(=O)O)CCC1=O. The van der Waals surface area contributed by atoms with E-state index in [9.17, 15) is 9.59 Å². The number of rotatable bonds is 5. The summed E-state index contributed by atoms with van der Waals surface area (Å²) in [5, 5.41) is 9.06. The summed E-state index contributed by atoms with van der Waals surface area (Å²) in [5.74, 6) is -1.03. The molecular formula is C15H26N2O3. The molecule has 114 valence electrons. The highest BCUT2D eigenvalue weighted by molar-refractivity contribution is 5.80. The van der Waals surface area contributed by atoms with E-state index in [-0.39, 0.29) is 11.8 Å². The molecule has 2 fully saturated rings. The van der Waals surface area contributed by atoms with E-state index >= 15 is 0 Å². The Morgan fingerprint density at radius 3 is 2.80 bits per heavy atom. The topological polar surface area (TPSA) is 60.9 Å². The Balaban J connectivity index is 1.74. The first-order valence-electron chi connectivity index (χ1n) is 7.82. The zero-order valence-corrected chi connectivity index (χ0v) is 12.4. The highest BCUT2D eigenvalue weighted by atomic mass is 16.4. The van der Waals surface area contributed by atoms with Gasteiger partial charge in [0.05, 0.1) is 5.92 Å². The van der Waals surface area contributed by atoms with Crippen molar-refractivity contribution in [3.05, 3.63) is 0 Å². The zero-order chi connectivity index (χ0) is 14.5. The Kier molecular flexibility index (Phi) is 5.40. The maximum absolute atomic E-state index is 11.8. The van der Waals surface area contributed by atoms with E-state index in [0.717, 1.165) is 19.5 Å². The average Bonchev–Trinajstić information content (AvgIpc) is 2.42. The van der Waals surface area contributed by atoms with Crippen LogP contribution in [0.15, 0.2) is 0 Å². The van der Waals surface area contributed by atoms with Crippen molar-refractivity contribution in [1.82, 2.24) is 9.80 Å². The fourth-order valence-corrected chi connectivity index (χ4v) is 3.29. The number of nitrogens with zero attached hydrogens (tertiary/aromatic N) is 2. The number of aliphatic carboxylic acids is 1. The summed E-state index contributed by atoms with van der Waals surface area (Å²) in [6.07, 6.45) is 5.69. The molecule has 2 aliphatic heterocycles. The molecule has 5 heteroatoms. The van der Waals surface area contributed by atoms with Gasteiger partial charge in [-0.05, 0) is 39.2 Å². The van der Waals surface area contributed by atoms with Crippen LogP contribution in [0.5, 0.6) is 0 Å². The molecule has 2 aliphatic rings. The monoisotopic (exact) mass is 282 g/mol. The highest BCUT2D eigenvalue weighted by Gasteiger charge is 2.29. The molecule has 2 rings (SSSR count). The minimum absolute atomic E-state index is 0.120. The molecule has 0 aliphatic carbocycles. The lowest BCUT2D eigenvalue weighted by molar-refractivity contribution is -0.147. The second-order valence-corrected chi connectivity index (χ2v) is 6.15. The van der Waals surface area contributed by atoms with Crippen molar-refractivity contribution < 1.29 is 14.7 Å². The summed E-state index contributed by atoms with van der Waals surface area (Å²) < 4.78 is 0. The van der Waals surface area contributed by atoms with Gasteiger partial charge < -0.3 is 14.9 Å². The van der Waals surface area contributed by atoms with E-state index in [1.807, 2.05) is 0 Å². The lowest BCUT2D eigenvalue weighted by Gasteiger charge is -2.35. The Bertz CT molecular complexity index is 359. The van der Waals surface area contributed by atoms with Crippen molar-refractivity contribution in [3.8, 4) is 0 Å². The number of carbonyl (C=O) groups excluding carboxylic acids is 1. The number of hydrogen-bond acceptors (Lipinski definition) is 3. The maximum atomic E-state index is 11.8. The molecule has 0 aromatic heterocycles. The molecule has 0 aromatic rings. The molecule has 5 nitrogen and oxygen atoms in total. The number of carboxylic acid groups (broad SMARTS) is 1. The summed E-state index contributed by atoms with van der Waals surface area (Å²) in [5.41, 5.74) is 0. The Morgan fingerprint density at radius 2 is 2.10 bits per heavy atom. The fourth-order valence-electron chi connectivity index (χ4n) is 3.29. The molecule has 2 unspecified atom stereocenters. The van der Waals surface area contributed by atoms with E-state index in [2.05, 4.69) is 11.8 Å². The fraction of sp³-hybridized carbons (Fsp3) is 0.867. The van der Waals surface area contributed by atoms with Gasteiger partial charge in [-0.2, -0.15) is 0 Å². The van der Waals surface area contributed by atoms with Gasteiger partial charge in [-0.25, -0.2) is 0 Å². The van der Waals surface area contributed by atoms with Crippen LogP contribution in [0, 0.1) is 5.92 Å². The largest absolute Gasteiger partial charge is 0.481 e. The molecule has 0 bridgehead atoms. The van der Waals surface area contributed by atoms with Gasteiger partial charge in [0.1, 0.15) is 0 Å². The standard InChI is InChI=1S/C15H26N2O3/c1-12-5-2-3-8-16(12)9-4-10-17-11-13(15(19)20)6-7-14(17)18/h12-13H,2-11H2,1H3,(H,19,20). The minimum atomic E-state index is -0.771. The van der Waals surface area contributed by atoms with E-state index in [0.29, 0.717) is 32.0 Å². The van der Waals surface area contributed by atoms with Crippen LogP contribution < -0.4 is 0 Å². The summed E-state index contributed by atoms with van der Waals surface area (Å²) in [6, 6.07) is 0.646. The van der Waals surface area contributed by atoms with Gasteiger partial charge in [-0.1, -0.05) is 6.42 Å². The molecule has 1 amide bonds. The third-order valence-corrected chi connectivity index (χ3v) is 4.66. The Morgan fingerprint density at radius 1 is 1.30 bits per heavy atom. The second kappa shape index (κ2) is 7.07. The van der Waals surface area contributed by atoms with E-state index in [4.69, 9.17) is 5.11 Å².